The summed E-state index contributed by atoms with van der Waals surface area (Å²) in [7, 11) is 0. The van der Waals surface area contributed by atoms with Gasteiger partial charge in [0.15, 0.2) is 5.78 Å². The summed E-state index contributed by atoms with van der Waals surface area (Å²) in [6.45, 7) is 1.39. The van der Waals surface area contributed by atoms with Crippen LogP contribution in [0, 0.1) is 11.3 Å². The molecular weight excluding hydrogens is 140 g/mol. The van der Waals surface area contributed by atoms with Crippen LogP contribution >= 0.6 is 0 Å². The Labute approximate surface area is 64.3 Å². The molecule has 1 aromatic rings. The quantitative estimate of drug-likeness (QED) is 0.558. The average Bonchev–Trinajstić information content (AvgIpc) is 2.04. The zero-order chi connectivity index (χ0) is 8.27. The second kappa shape index (κ2) is 2.93. The van der Waals surface area contributed by atoms with E-state index in [1.54, 1.807) is 12.1 Å². The molecule has 0 saturated heterocycles. The Bertz CT molecular complexity index is 325. The van der Waals surface area contributed by atoms with Crippen molar-refractivity contribution in [3.8, 4) is 6.07 Å². The van der Waals surface area contributed by atoms with Crippen molar-refractivity contribution in [3.05, 3.63) is 29.6 Å². The van der Waals surface area contributed by atoms with Crippen LogP contribution in [-0.2, 0) is 0 Å². The van der Waals surface area contributed by atoms with Crippen molar-refractivity contribution in [3.63, 3.8) is 0 Å². The Morgan fingerprint density at radius 2 is 2.45 bits per heavy atom. The molecule has 3 nitrogen and oxygen atoms in total. The number of carbonyl (C=O) groups excluding carboxylic acids is 1. The van der Waals surface area contributed by atoms with Gasteiger partial charge in [0.05, 0.1) is 5.56 Å². The lowest BCUT2D eigenvalue weighted by molar-refractivity contribution is 0.101. The Kier molecular flexibility index (Phi) is 1.98. The number of ketones is 1. The van der Waals surface area contributed by atoms with Crippen LogP contribution < -0.4 is 0 Å². The van der Waals surface area contributed by atoms with Crippen LogP contribution in [0.25, 0.3) is 0 Å². The molecule has 0 fully saturated rings. The molecule has 0 aliphatic carbocycles. The minimum absolute atomic E-state index is 0.179. The molecule has 0 aliphatic rings. The molecule has 0 bridgehead atoms. The van der Waals surface area contributed by atoms with Gasteiger partial charge in [-0.25, -0.2) is 0 Å². The highest BCUT2D eigenvalue weighted by molar-refractivity contribution is 5.94. The van der Waals surface area contributed by atoms with E-state index in [1.165, 1.54) is 13.1 Å². The maximum atomic E-state index is 10.8. The Morgan fingerprint density at radius 1 is 1.73 bits per heavy atom. The van der Waals surface area contributed by atoms with Crippen LogP contribution in [0.15, 0.2) is 18.3 Å². The van der Waals surface area contributed by atoms with Gasteiger partial charge in [0.2, 0.25) is 0 Å². The van der Waals surface area contributed by atoms with Crippen LogP contribution in [0.1, 0.15) is 23.0 Å². The van der Waals surface area contributed by atoms with Gasteiger partial charge in [-0.15, -0.1) is 0 Å². The first-order valence-electron chi connectivity index (χ1n) is 3.11. The molecule has 0 aliphatic heterocycles. The van der Waals surface area contributed by atoms with Crippen molar-refractivity contribution >= 4 is 5.78 Å². The first-order valence-corrected chi connectivity index (χ1v) is 3.11. The summed E-state index contributed by atoms with van der Waals surface area (Å²) in [5.41, 5.74) is 0.579. The SMILES string of the molecule is CC(=O)c1ncccc1C#N. The molecule has 0 unspecified atom stereocenters. The number of aromatic nitrogens is 1. The van der Waals surface area contributed by atoms with Crippen LogP contribution in [0.3, 0.4) is 0 Å². The van der Waals surface area contributed by atoms with E-state index in [9.17, 15) is 4.79 Å². The van der Waals surface area contributed by atoms with Gasteiger partial charge in [-0.2, -0.15) is 5.26 Å². The van der Waals surface area contributed by atoms with Gasteiger partial charge in [0.1, 0.15) is 11.8 Å². The highest BCUT2D eigenvalue weighted by Crippen LogP contribution is 2.03. The molecule has 0 atom stereocenters. The molecule has 1 rings (SSSR count). The highest BCUT2D eigenvalue weighted by atomic mass is 16.1. The molecule has 0 radical (unpaired) electrons. The molecule has 0 amide bonds. The van der Waals surface area contributed by atoms with Gasteiger partial charge >= 0.3 is 0 Å². The average molecular weight is 146 g/mol. The number of rotatable bonds is 1. The zero-order valence-corrected chi connectivity index (χ0v) is 6.03. The van der Waals surface area contributed by atoms with Gasteiger partial charge in [-0.05, 0) is 12.1 Å². The molecule has 11 heavy (non-hydrogen) atoms. The van der Waals surface area contributed by atoms with Gasteiger partial charge in [-0.1, -0.05) is 0 Å². The summed E-state index contributed by atoms with van der Waals surface area (Å²) in [4.78, 5) is 14.6. The maximum Gasteiger partial charge on any atom is 0.179 e. The third-order valence-electron chi connectivity index (χ3n) is 1.26. The third-order valence-corrected chi connectivity index (χ3v) is 1.26. The van der Waals surface area contributed by atoms with Gasteiger partial charge in [-0.3, -0.25) is 9.78 Å². The predicted octanol–water partition coefficient (Wildman–Crippen LogP) is 1.16. The second-order valence-corrected chi connectivity index (χ2v) is 2.07. The Morgan fingerprint density at radius 3 is 2.91 bits per heavy atom. The largest absolute Gasteiger partial charge is 0.293 e. The lowest BCUT2D eigenvalue weighted by atomic mass is 10.1. The molecule has 0 spiro atoms. The van der Waals surface area contributed by atoms with Crippen LogP contribution in [0.4, 0.5) is 0 Å². The van der Waals surface area contributed by atoms with Crippen molar-refractivity contribution < 1.29 is 4.79 Å². The van der Waals surface area contributed by atoms with Crippen molar-refractivity contribution in [1.29, 1.82) is 5.26 Å². The normalized spacial score (nSPS) is 8.73. The fourth-order valence-corrected chi connectivity index (χ4v) is 0.776. The summed E-state index contributed by atoms with van der Waals surface area (Å²) in [6.07, 6.45) is 1.50. The Balaban J connectivity index is 3.26. The van der Waals surface area contributed by atoms with Crippen molar-refractivity contribution in [2.24, 2.45) is 0 Å². The number of nitrogens with zero attached hydrogens (tertiary/aromatic N) is 2. The Hall–Kier alpha value is -1.69. The fourth-order valence-electron chi connectivity index (χ4n) is 0.776. The number of pyridine rings is 1. The standard InChI is InChI=1S/C8H6N2O/c1-6(11)8-7(5-9)3-2-4-10-8/h2-4H,1H3. The lowest BCUT2D eigenvalue weighted by Gasteiger charge is -1.94. The number of Topliss-reactive ketones (excluding diaryl/α,β-unsaturated/α-hetero) is 1. The van der Waals surface area contributed by atoms with E-state index in [0.717, 1.165) is 0 Å². The maximum absolute atomic E-state index is 10.8. The predicted molar refractivity (Wildman–Crippen MR) is 39.0 cm³/mol. The van der Waals surface area contributed by atoms with Crippen molar-refractivity contribution in [2.75, 3.05) is 0 Å². The summed E-state index contributed by atoms with van der Waals surface area (Å²) >= 11 is 0. The molecule has 1 heterocycles. The topological polar surface area (TPSA) is 53.8 Å². The van der Waals surface area contributed by atoms with E-state index in [0.29, 0.717) is 5.56 Å². The number of carbonyl (C=O) groups is 1. The third kappa shape index (κ3) is 1.41. The van der Waals surface area contributed by atoms with E-state index in [1.807, 2.05) is 6.07 Å². The molecular formula is C8H6N2O. The van der Waals surface area contributed by atoms with E-state index < -0.39 is 0 Å². The van der Waals surface area contributed by atoms with Crippen LogP contribution in [-0.4, -0.2) is 10.8 Å². The van der Waals surface area contributed by atoms with Gasteiger partial charge in [0.25, 0.3) is 0 Å². The van der Waals surface area contributed by atoms with Crippen molar-refractivity contribution in [1.82, 2.24) is 4.98 Å². The number of nitriles is 1. The monoisotopic (exact) mass is 146 g/mol. The van der Waals surface area contributed by atoms with Crippen LogP contribution in [0.5, 0.6) is 0 Å². The number of hydrogen-bond donors (Lipinski definition) is 0. The molecule has 3 heteroatoms. The zero-order valence-electron chi connectivity index (χ0n) is 6.03. The smallest absolute Gasteiger partial charge is 0.179 e. The minimum atomic E-state index is -0.179. The fraction of sp³-hybridized carbons (Fsp3) is 0.125. The number of hydrogen-bond acceptors (Lipinski definition) is 3. The summed E-state index contributed by atoms with van der Waals surface area (Å²) in [5.74, 6) is -0.179. The van der Waals surface area contributed by atoms with Crippen molar-refractivity contribution in [2.45, 2.75) is 6.92 Å². The van der Waals surface area contributed by atoms with E-state index in [4.69, 9.17) is 5.26 Å². The molecule has 54 valence electrons. The highest BCUT2D eigenvalue weighted by Gasteiger charge is 2.05. The molecule has 1 aromatic heterocycles. The molecule has 0 saturated carbocycles. The summed E-state index contributed by atoms with van der Waals surface area (Å²) < 4.78 is 0. The minimum Gasteiger partial charge on any atom is -0.293 e. The summed E-state index contributed by atoms with van der Waals surface area (Å²) in [6, 6.07) is 5.10. The second-order valence-electron chi connectivity index (χ2n) is 2.07. The van der Waals surface area contributed by atoms with E-state index in [-0.39, 0.29) is 11.5 Å². The van der Waals surface area contributed by atoms with Crippen LogP contribution in [0.2, 0.25) is 0 Å². The van der Waals surface area contributed by atoms with E-state index in [2.05, 4.69) is 4.98 Å². The van der Waals surface area contributed by atoms with E-state index >= 15 is 0 Å². The first-order chi connectivity index (χ1) is 5.25. The van der Waals surface area contributed by atoms with Gasteiger partial charge in [0, 0.05) is 13.1 Å². The first kappa shape index (κ1) is 7.42. The van der Waals surface area contributed by atoms with Gasteiger partial charge < -0.3 is 0 Å². The summed E-state index contributed by atoms with van der Waals surface area (Å²) in [5, 5.41) is 8.53. The molecule has 0 N–H and O–H groups in total. The molecule has 0 aromatic carbocycles. The lowest BCUT2D eigenvalue weighted by Crippen LogP contribution is -1.99.